The molecule has 0 amide bonds. The first-order valence-corrected chi connectivity index (χ1v) is 7.06. The van der Waals surface area contributed by atoms with Crippen LogP contribution < -0.4 is 5.32 Å². The second-order valence-corrected chi connectivity index (χ2v) is 5.70. The molecule has 0 radical (unpaired) electrons. The zero-order chi connectivity index (χ0) is 13.4. The molecular formula is C15H18ClN3. The van der Waals surface area contributed by atoms with Gasteiger partial charge in [-0.25, -0.2) is 4.68 Å². The summed E-state index contributed by atoms with van der Waals surface area (Å²) in [6.07, 6.45) is 4.48. The molecule has 1 aliphatic carbocycles. The first kappa shape index (κ1) is 12.7. The lowest BCUT2D eigenvalue weighted by Gasteiger charge is -2.11. The Morgan fingerprint density at radius 1 is 1.37 bits per heavy atom. The van der Waals surface area contributed by atoms with E-state index in [1.807, 2.05) is 17.8 Å². The number of rotatable bonds is 4. The third-order valence-electron chi connectivity index (χ3n) is 3.48. The van der Waals surface area contributed by atoms with E-state index in [4.69, 9.17) is 11.6 Å². The maximum atomic E-state index is 6.10. The monoisotopic (exact) mass is 275 g/mol. The lowest BCUT2D eigenvalue weighted by atomic mass is 10.1. The topological polar surface area (TPSA) is 29.9 Å². The summed E-state index contributed by atoms with van der Waals surface area (Å²) in [5, 5.41) is 8.74. The normalized spacial score (nSPS) is 14.9. The van der Waals surface area contributed by atoms with E-state index in [1.165, 1.54) is 24.0 Å². The molecule has 0 saturated heterocycles. The van der Waals surface area contributed by atoms with Gasteiger partial charge in [0.05, 0.1) is 16.4 Å². The van der Waals surface area contributed by atoms with Gasteiger partial charge in [-0.05, 0) is 38.3 Å². The number of hydrogen-bond donors (Lipinski definition) is 1. The molecule has 1 N–H and O–H groups in total. The standard InChI is InChI=1S/C15H18ClN3/c1-10-3-6-15(19-9-14(16)11(2)18-19)12(7-10)8-17-13-4-5-13/h3,6-7,9,13,17H,4-5,8H2,1-2H3. The molecule has 1 saturated carbocycles. The maximum Gasteiger partial charge on any atom is 0.0819 e. The van der Waals surface area contributed by atoms with Crippen LogP contribution in [0.2, 0.25) is 5.02 Å². The molecule has 1 aromatic carbocycles. The highest BCUT2D eigenvalue weighted by molar-refractivity contribution is 6.31. The van der Waals surface area contributed by atoms with Crippen LogP contribution in [-0.4, -0.2) is 15.8 Å². The highest BCUT2D eigenvalue weighted by Gasteiger charge is 2.20. The van der Waals surface area contributed by atoms with Gasteiger partial charge < -0.3 is 5.32 Å². The largest absolute Gasteiger partial charge is 0.310 e. The Balaban J connectivity index is 1.93. The van der Waals surface area contributed by atoms with Crippen molar-refractivity contribution in [1.82, 2.24) is 15.1 Å². The highest BCUT2D eigenvalue weighted by Crippen LogP contribution is 2.23. The number of nitrogens with one attached hydrogen (secondary N) is 1. The summed E-state index contributed by atoms with van der Waals surface area (Å²) in [5.41, 5.74) is 4.51. The van der Waals surface area contributed by atoms with E-state index in [0.717, 1.165) is 17.9 Å². The lowest BCUT2D eigenvalue weighted by molar-refractivity contribution is 0.680. The van der Waals surface area contributed by atoms with Crippen LogP contribution in [0.1, 0.15) is 29.7 Å². The number of benzene rings is 1. The van der Waals surface area contributed by atoms with E-state index in [0.29, 0.717) is 11.1 Å². The van der Waals surface area contributed by atoms with Crippen molar-refractivity contribution < 1.29 is 0 Å². The van der Waals surface area contributed by atoms with Gasteiger partial charge in [-0.3, -0.25) is 0 Å². The van der Waals surface area contributed by atoms with Crippen molar-refractivity contribution in [2.45, 2.75) is 39.3 Å². The van der Waals surface area contributed by atoms with Gasteiger partial charge in [0.2, 0.25) is 0 Å². The Morgan fingerprint density at radius 2 is 2.16 bits per heavy atom. The van der Waals surface area contributed by atoms with Gasteiger partial charge in [0.1, 0.15) is 0 Å². The van der Waals surface area contributed by atoms with Crippen molar-refractivity contribution in [1.29, 1.82) is 0 Å². The first-order chi connectivity index (χ1) is 9.13. The second kappa shape index (κ2) is 4.99. The smallest absolute Gasteiger partial charge is 0.0819 e. The molecule has 1 fully saturated rings. The number of aryl methyl sites for hydroxylation is 2. The minimum Gasteiger partial charge on any atom is -0.310 e. The summed E-state index contributed by atoms with van der Waals surface area (Å²) in [6.45, 7) is 4.93. The van der Waals surface area contributed by atoms with Gasteiger partial charge in [0.15, 0.2) is 0 Å². The fraction of sp³-hybridized carbons (Fsp3) is 0.400. The second-order valence-electron chi connectivity index (χ2n) is 5.29. The molecule has 0 aliphatic heterocycles. The van der Waals surface area contributed by atoms with Crippen LogP contribution in [0.5, 0.6) is 0 Å². The van der Waals surface area contributed by atoms with Crippen molar-refractivity contribution in [2.24, 2.45) is 0 Å². The predicted molar refractivity (Wildman–Crippen MR) is 77.9 cm³/mol. The Bertz CT molecular complexity index is 580. The average molecular weight is 276 g/mol. The molecule has 0 unspecified atom stereocenters. The number of nitrogens with zero attached hydrogens (tertiary/aromatic N) is 2. The Labute approximate surface area is 118 Å². The molecule has 1 heterocycles. The molecule has 0 spiro atoms. The fourth-order valence-electron chi connectivity index (χ4n) is 2.18. The van der Waals surface area contributed by atoms with Crippen molar-refractivity contribution in [3.63, 3.8) is 0 Å². The molecule has 2 aromatic rings. The molecule has 0 bridgehead atoms. The molecule has 100 valence electrons. The third-order valence-corrected chi connectivity index (χ3v) is 3.85. The quantitative estimate of drug-likeness (QED) is 0.927. The molecule has 4 heteroatoms. The van der Waals surface area contributed by atoms with Crippen LogP contribution in [0.3, 0.4) is 0 Å². The molecule has 3 nitrogen and oxygen atoms in total. The Morgan fingerprint density at radius 3 is 2.79 bits per heavy atom. The molecular weight excluding hydrogens is 258 g/mol. The predicted octanol–water partition coefficient (Wildman–Crippen LogP) is 3.39. The zero-order valence-corrected chi connectivity index (χ0v) is 12.0. The Hall–Kier alpha value is -1.32. The van der Waals surface area contributed by atoms with E-state index in [1.54, 1.807) is 0 Å². The Kier molecular flexibility index (Phi) is 3.33. The molecule has 1 aliphatic rings. The summed E-state index contributed by atoms with van der Waals surface area (Å²) in [5.74, 6) is 0. The van der Waals surface area contributed by atoms with Crippen molar-refractivity contribution in [3.8, 4) is 5.69 Å². The van der Waals surface area contributed by atoms with E-state index in [9.17, 15) is 0 Å². The minimum atomic E-state index is 0.705. The van der Waals surface area contributed by atoms with E-state index in [2.05, 4.69) is 35.5 Å². The van der Waals surface area contributed by atoms with Gasteiger partial charge in [0, 0.05) is 18.8 Å². The molecule has 0 atom stereocenters. The fourth-order valence-corrected chi connectivity index (χ4v) is 2.31. The third kappa shape index (κ3) is 2.82. The van der Waals surface area contributed by atoms with Crippen molar-refractivity contribution >= 4 is 11.6 Å². The van der Waals surface area contributed by atoms with Gasteiger partial charge in [-0.2, -0.15) is 5.10 Å². The van der Waals surface area contributed by atoms with E-state index in [-0.39, 0.29) is 0 Å². The summed E-state index contributed by atoms with van der Waals surface area (Å²) in [4.78, 5) is 0. The molecule has 3 rings (SSSR count). The SMILES string of the molecule is Cc1ccc(-n2cc(Cl)c(C)n2)c(CNC2CC2)c1. The van der Waals surface area contributed by atoms with Gasteiger partial charge >= 0.3 is 0 Å². The van der Waals surface area contributed by atoms with Gasteiger partial charge in [-0.1, -0.05) is 29.3 Å². The summed E-state index contributed by atoms with van der Waals surface area (Å²) in [7, 11) is 0. The molecule has 1 aromatic heterocycles. The van der Waals surface area contributed by atoms with Crippen LogP contribution in [0.25, 0.3) is 5.69 Å². The van der Waals surface area contributed by atoms with Crippen LogP contribution in [0.4, 0.5) is 0 Å². The van der Waals surface area contributed by atoms with E-state index >= 15 is 0 Å². The van der Waals surface area contributed by atoms with Crippen LogP contribution in [0.15, 0.2) is 24.4 Å². The first-order valence-electron chi connectivity index (χ1n) is 6.68. The zero-order valence-electron chi connectivity index (χ0n) is 11.3. The van der Waals surface area contributed by atoms with Crippen LogP contribution in [0, 0.1) is 13.8 Å². The van der Waals surface area contributed by atoms with Crippen molar-refractivity contribution in [2.75, 3.05) is 0 Å². The average Bonchev–Trinajstić information content (AvgIpc) is 3.14. The number of aromatic nitrogens is 2. The highest BCUT2D eigenvalue weighted by atomic mass is 35.5. The van der Waals surface area contributed by atoms with Crippen LogP contribution >= 0.6 is 11.6 Å². The van der Waals surface area contributed by atoms with Gasteiger partial charge in [0.25, 0.3) is 0 Å². The van der Waals surface area contributed by atoms with Crippen molar-refractivity contribution in [3.05, 3.63) is 46.2 Å². The molecule has 19 heavy (non-hydrogen) atoms. The summed E-state index contributed by atoms with van der Waals surface area (Å²) in [6, 6.07) is 7.15. The summed E-state index contributed by atoms with van der Waals surface area (Å²) < 4.78 is 1.88. The van der Waals surface area contributed by atoms with Gasteiger partial charge in [-0.15, -0.1) is 0 Å². The lowest BCUT2D eigenvalue weighted by Crippen LogP contribution is -2.17. The maximum absolute atomic E-state index is 6.10. The van der Waals surface area contributed by atoms with Crippen LogP contribution in [-0.2, 0) is 6.54 Å². The van der Waals surface area contributed by atoms with E-state index < -0.39 is 0 Å². The minimum absolute atomic E-state index is 0.705. The summed E-state index contributed by atoms with van der Waals surface area (Å²) >= 11 is 6.10. The number of halogens is 1. The number of hydrogen-bond acceptors (Lipinski definition) is 2.